The van der Waals surface area contributed by atoms with Gasteiger partial charge in [0.05, 0.1) is 18.6 Å². The molecule has 0 bridgehead atoms. The summed E-state index contributed by atoms with van der Waals surface area (Å²) in [5.74, 6) is -1.61. The molecule has 1 atom stereocenters. The van der Waals surface area contributed by atoms with Crippen molar-refractivity contribution in [2.24, 2.45) is 0 Å². The molecule has 0 spiro atoms. The average Bonchev–Trinajstić information content (AvgIpc) is 2.63. The third-order valence-corrected chi connectivity index (χ3v) is 4.41. The summed E-state index contributed by atoms with van der Waals surface area (Å²) in [6.45, 7) is 4.83. The van der Waals surface area contributed by atoms with Crippen molar-refractivity contribution in [2.75, 3.05) is 5.32 Å². The number of carbonyl (C=O) groups excluding carboxylic acids is 2. The molecule has 1 heterocycles. The highest BCUT2D eigenvalue weighted by Crippen LogP contribution is 2.32. The fourth-order valence-corrected chi connectivity index (χ4v) is 3.08. The molecule has 0 aromatic heterocycles. The van der Waals surface area contributed by atoms with E-state index >= 15 is 0 Å². The summed E-state index contributed by atoms with van der Waals surface area (Å²) in [5.41, 5.74) is 2.98. The van der Waals surface area contributed by atoms with Crippen LogP contribution in [0.5, 0.6) is 0 Å². The Labute approximate surface area is 157 Å². The number of amides is 2. The van der Waals surface area contributed by atoms with E-state index in [9.17, 15) is 14.0 Å². The molecule has 27 heavy (non-hydrogen) atoms. The summed E-state index contributed by atoms with van der Waals surface area (Å²) in [4.78, 5) is 24.5. The van der Waals surface area contributed by atoms with Crippen molar-refractivity contribution in [2.45, 2.75) is 45.4 Å². The molecule has 2 aromatic rings. The van der Waals surface area contributed by atoms with Gasteiger partial charge in [0.25, 0.3) is 0 Å². The molecule has 0 radical (unpaired) electrons. The molecule has 6 heteroatoms. The van der Waals surface area contributed by atoms with Gasteiger partial charge in [-0.2, -0.15) is 0 Å². The molecule has 0 saturated heterocycles. The van der Waals surface area contributed by atoms with Crippen LogP contribution in [0.15, 0.2) is 42.5 Å². The summed E-state index contributed by atoms with van der Waals surface area (Å²) in [6, 6.07) is 11.9. The number of rotatable bonds is 6. The van der Waals surface area contributed by atoms with E-state index in [1.54, 1.807) is 6.07 Å². The van der Waals surface area contributed by atoms with Gasteiger partial charge in [0.1, 0.15) is 5.82 Å². The zero-order valence-corrected chi connectivity index (χ0v) is 15.4. The average molecular weight is 370 g/mol. The van der Waals surface area contributed by atoms with Gasteiger partial charge in [0.15, 0.2) is 0 Å². The largest absolute Gasteiger partial charge is 0.374 e. The van der Waals surface area contributed by atoms with Gasteiger partial charge >= 0.3 is 0 Å². The van der Waals surface area contributed by atoms with Gasteiger partial charge in [0.2, 0.25) is 11.8 Å². The normalized spacial score (nSPS) is 16.0. The van der Waals surface area contributed by atoms with Gasteiger partial charge < -0.3 is 15.4 Å². The Kier molecular flexibility index (Phi) is 5.86. The van der Waals surface area contributed by atoms with Crippen molar-refractivity contribution >= 4 is 17.5 Å². The Bertz CT molecular complexity index is 851. The molecule has 1 aliphatic heterocycles. The third-order valence-electron chi connectivity index (χ3n) is 4.41. The van der Waals surface area contributed by atoms with Crippen molar-refractivity contribution in [3.63, 3.8) is 0 Å². The summed E-state index contributed by atoms with van der Waals surface area (Å²) in [5, 5.41) is 5.50. The third kappa shape index (κ3) is 4.92. The minimum atomic E-state index is -0.623. The second-order valence-electron chi connectivity index (χ2n) is 6.93. The molecule has 0 aliphatic carbocycles. The predicted octanol–water partition coefficient (Wildman–Crippen LogP) is 3.49. The Balaban J connectivity index is 1.66. The highest BCUT2D eigenvalue weighted by Gasteiger charge is 2.30. The van der Waals surface area contributed by atoms with Crippen LogP contribution in [0.25, 0.3) is 0 Å². The topological polar surface area (TPSA) is 67.4 Å². The molecule has 0 saturated carbocycles. The van der Waals surface area contributed by atoms with Crippen LogP contribution in [0.2, 0.25) is 0 Å². The molecule has 1 aliphatic rings. The van der Waals surface area contributed by atoms with E-state index in [2.05, 4.69) is 10.6 Å². The first-order valence-corrected chi connectivity index (χ1v) is 8.99. The number of halogens is 1. The zero-order valence-electron chi connectivity index (χ0n) is 15.4. The first-order chi connectivity index (χ1) is 12.9. The molecular formula is C21H23FN2O3. The zero-order chi connectivity index (χ0) is 19.4. The van der Waals surface area contributed by atoms with Gasteiger partial charge in [0, 0.05) is 18.7 Å². The van der Waals surface area contributed by atoms with Gasteiger partial charge in [-0.3, -0.25) is 9.59 Å². The minimum absolute atomic E-state index is 0.0483. The Morgan fingerprint density at radius 3 is 2.81 bits per heavy atom. The van der Waals surface area contributed by atoms with Gasteiger partial charge in [-0.25, -0.2) is 4.39 Å². The SMILES string of the molecule is CC(C)OCc1cccc(CNC(=O)[C@@H]2CC(=O)Nc3cc(F)ccc32)c1. The number of nitrogens with one attached hydrogen (secondary N) is 2. The van der Waals surface area contributed by atoms with Crippen LogP contribution in [0, 0.1) is 5.82 Å². The van der Waals surface area contributed by atoms with Crippen molar-refractivity contribution in [1.29, 1.82) is 0 Å². The lowest BCUT2D eigenvalue weighted by atomic mass is 9.89. The van der Waals surface area contributed by atoms with Crippen molar-refractivity contribution in [1.82, 2.24) is 5.32 Å². The predicted molar refractivity (Wildman–Crippen MR) is 101 cm³/mol. The highest BCUT2D eigenvalue weighted by atomic mass is 19.1. The number of anilines is 1. The smallest absolute Gasteiger partial charge is 0.228 e. The fraction of sp³-hybridized carbons (Fsp3) is 0.333. The van der Waals surface area contributed by atoms with Gasteiger partial charge in [-0.1, -0.05) is 30.3 Å². The van der Waals surface area contributed by atoms with Crippen molar-refractivity contribution in [3.05, 3.63) is 65.0 Å². The van der Waals surface area contributed by atoms with Crippen LogP contribution in [-0.2, 0) is 27.5 Å². The Morgan fingerprint density at radius 1 is 1.26 bits per heavy atom. The molecule has 2 aromatic carbocycles. The summed E-state index contributed by atoms with van der Waals surface area (Å²) in [6.07, 6.45) is 0.197. The van der Waals surface area contributed by atoms with E-state index in [0.717, 1.165) is 11.1 Å². The van der Waals surface area contributed by atoms with Crippen molar-refractivity contribution < 1.29 is 18.7 Å². The maximum Gasteiger partial charge on any atom is 0.228 e. The second-order valence-corrected chi connectivity index (χ2v) is 6.93. The van der Waals surface area contributed by atoms with E-state index in [4.69, 9.17) is 4.74 Å². The maximum absolute atomic E-state index is 13.4. The van der Waals surface area contributed by atoms with E-state index in [1.807, 2.05) is 38.1 Å². The lowest BCUT2D eigenvalue weighted by Gasteiger charge is -2.25. The lowest BCUT2D eigenvalue weighted by Crippen LogP contribution is -2.34. The van der Waals surface area contributed by atoms with Crippen LogP contribution in [0.1, 0.15) is 42.9 Å². The number of carbonyl (C=O) groups is 2. The molecule has 0 unspecified atom stereocenters. The van der Waals surface area contributed by atoms with E-state index < -0.39 is 11.7 Å². The molecular weight excluding hydrogens is 347 g/mol. The molecule has 5 nitrogen and oxygen atoms in total. The van der Waals surface area contributed by atoms with E-state index in [-0.39, 0.29) is 24.3 Å². The van der Waals surface area contributed by atoms with Crippen LogP contribution < -0.4 is 10.6 Å². The second kappa shape index (κ2) is 8.31. The van der Waals surface area contributed by atoms with Crippen LogP contribution in [0.4, 0.5) is 10.1 Å². The molecule has 142 valence electrons. The summed E-state index contributed by atoms with van der Waals surface area (Å²) < 4.78 is 19.0. The monoisotopic (exact) mass is 370 g/mol. The van der Waals surface area contributed by atoms with Crippen molar-refractivity contribution in [3.8, 4) is 0 Å². The fourth-order valence-electron chi connectivity index (χ4n) is 3.08. The molecule has 2 N–H and O–H groups in total. The summed E-state index contributed by atoms with van der Waals surface area (Å²) >= 11 is 0. The number of benzene rings is 2. The van der Waals surface area contributed by atoms with Crippen LogP contribution in [-0.4, -0.2) is 17.9 Å². The number of fused-ring (bicyclic) bond motifs is 1. The number of hydrogen-bond acceptors (Lipinski definition) is 3. The molecule has 0 fully saturated rings. The number of hydrogen-bond donors (Lipinski definition) is 2. The Hall–Kier alpha value is -2.73. The summed E-state index contributed by atoms with van der Waals surface area (Å²) in [7, 11) is 0. The maximum atomic E-state index is 13.4. The van der Waals surface area contributed by atoms with Crippen LogP contribution in [0.3, 0.4) is 0 Å². The Morgan fingerprint density at radius 2 is 2.04 bits per heavy atom. The highest BCUT2D eigenvalue weighted by molar-refractivity contribution is 6.01. The van der Waals surface area contributed by atoms with E-state index in [1.165, 1.54) is 12.1 Å². The number of ether oxygens (including phenoxy) is 1. The minimum Gasteiger partial charge on any atom is -0.374 e. The van der Waals surface area contributed by atoms with E-state index in [0.29, 0.717) is 24.4 Å². The quantitative estimate of drug-likeness (QED) is 0.818. The lowest BCUT2D eigenvalue weighted by molar-refractivity contribution is -0.126. The first kappa shape index (κ1) is 19.0. The van der Waals surface area contributed by atoms with Gasteiger partial charge in [-0.05, 0) is 42.7 Å². The first-order valence-electron chi connectivity index (χ1n) is 8.99. The van der Waals surface area contributed by atoms with Crippen LogP contribution >= 0.6 is 0 Å². The standard InChI is InChI=1S/C21H23FN2O3/c1-13(2)27-12-15-5-3-4-14(8-15)11-23-21(26)18-10-20(25)24-19-9-16(22)6-7-17(18)19/h3-9,13,18H,10-12H2,1-2H3,(H,23,26)(H,24,25)/t18-/m1/s1. The molecule has 2 amide bonds. The molecule has 3 rings (SSSR count). The van der Waals surface area contributed by atoms with Gasteiger partial charge in [-0.15, -0.1) is 0 Å².